The van der Waals surface area contributed by atoms with E-state index in [1.54, 1.807) is 36.5 Å². The molecule has 0 atom stereocenters. The van der Waals surface area contributed by atoms with Gasteiger partial charge in [0.1, 0.15) is 0 Å². The lowest BCUT2D eigenvalue weighted by Crippen LogP contribution is -2.30. The van der Waals surface area contributed by atoms with Crippen LogP contribution < -0.4 is 10.6 Å². The van der Waals surface area contributed by atoms with Crippen molar-refractivity contribution >= 4 is 32.6 Å². The minimum atomic E-state index is -3.70. The quantitative estimate of drug-likeness (QED) is 0.357. The van der Waals surface area contributed by atoms with Gasteiger partial charge in [0, 0.05) is 23.8 Å². The first-order chi connectivity index (χ1) is 16.5. The highest BCUT2D eigenvalue weighted by Crippen LogP contribution is 2.25. The summed E-state index contributed by atoms with van der Waals surface area (Å²) < 4.78 is 27.7. The monoisotopic (exact) mass is 489 g/mol. The zero-order chi connectivity index (χ0) is 25.2. The van der Waals surface area contributed by atoms with Gasteiger partial charge < -0.3 is 10.6 Å². The third kappa shape index (κ3) is 5.57. The molecule has 1 heterocycles. The number of urea groups is 1. The Kier molecular flexibility index (Phi) is 6.72. The zero-order valence-electron chi connectivity index (χ0n) is 20.5. The lowest BCUT2D eigenvalue weighted by molar-refractivity contribution is 0.252. The van der Waals surface area contributed by atoms with Gasteiger partial charge in [-0.25, -0.2) is 17.2 Å². The molecule has 2 amide bonds. The number of carbonyl (C=O) groups excluding carboxylic acids is 1. The van der Waals surface area contributed by atoms with Crippen LogP contribution in [0.15, 0.2) is 83.9 Å². The van der Waals surface area contributed by atoms with Gasteiger partial charge >= 0.3 is 6.03 Å². The first-order valence-corrected chi connectivity index (χ1v) is 13.1. The Labute approximate surface area is 207 Å². The van der Waals surface area contributed by atoms with E-state index < -0.39 is 10.0 Å². The van der Waals surface area contributed by atoms with Crippen LogP contribution in [0.5, 0.6) is 0 Å². The molecular weight excluding hydrogens is 458 g/mol. The van der Waals surface area contributed by atoms with Crippen LogP contribution in [0.1, 0.15) is 37.5 Å². The first kappa shape index (κ1) is 24.5. The number of nitrogens with one attached hydrogen (secondary N) is 2. The molecule has 35 heavy (non-hydrogen) atoms. The number of carbonyl (C=O) groups is 1. The summed E-state index contributed by atoms with van der Waals surface area (Å²) in [5.74, 6) is 0. The van der Waals surface area contributed by atoms with E-state index in [4.69, 9.17) is 0 Å². The van der Waals surface area contributed by atoms with Crippen LogP contribution >= 0.6 is 0 Å². The van der Waals surface area contributed by atoms with E-state index in [0.29, 0.717) is 18.5 Å². The summed E-state index contributed by atoms with van der Waals surface area (Å²) in [6.07, 6.45) is 2.16. The molecule has 0 aliphatic rings. The second-order valence-electron chi connectivity index (χ2n) is 9.78. The van der Waals surface area contributed by atoms with Gasteiger partial charge in [-0.1, -0.05) is 62.7 Å². The largest absolute Gasteiger partial charge is 0.338 e. The molecule has 4 rings (SSSR count). The lowest BCUT2D eigenvalue weighted by Gasteiger charge is -2.19. The van der Waals surface area contributed by atoms with Gasteiger partial charge in [-0.2, -0.15) is 0 Å². The number of amides is 2. The van der Waals surface area contributed by atoms with Gasteiger partial charge in [-0.3, -0.25) is 0 Å². The third-order valence-electron chi connectivity index (χ3n) is 6.01. The maximum absolute atomic E-state index is 13.2. The number of anilines is 1. The molecule has 0 fully saturated rings. The van der Waals surface area contributed by atoms with Crippen LogP contribution in [-0.2, 0) is 21.9 Å². The van der Waals surface area contributed by atoms with Crippen molar-refractivity contribution in [2.45, 2.75) is 44.4 Å². The highest BCUT2D eigenvalue weighted by Gasteiger charge is 2.19. The fourth-order valence-electron chi connectivity index (χ4n) is 3.89. The van der Waals surface area contributed by atoms with Gasteiger partial charge in [-0.05, 0) is 66.3 Å². The molecule has 0 aliphatic heterocycles. The fourth-order valence-corrected chi connectivity index (χ4v) is 5.23. The molecule has 182 valence electrons. The normalized spacial score (nSPS) is 12.0. The molecule has 7 heteroatoms. The van der Waals surface area contributed by atoms with E-state index in [2.05, 4.69) is 31.4 Å². The number of benzene rings is 3. The molecule has 0 bridgehead atoms. The Morgan fingerprint density at radius 1 is 0.914 bits per heavy atom. The van der Waals surface area contributed by atoms with Crippen LogP contribution in [0.2, 0.25) is 0 Å². The van der Waals surface area contributed by atoms with E-state index in [0.717, 1.165) is 22.2 Å². The number of rotatable bonds is 6. The molecule has 0 unspecified atom stereocenters. The minimum Gasteiger partial charge on any atom is -0.338 e. The predicted octanol–water partition coefficient (Wildman–Crippen LogP) is 5.85. The Morgan fingerprint density at radius 3 is 2.26 bits per heavy atom. The number of hydrogen-bond donors (Lipinski definition) is 2. The fraction of sp³-hybridized carbons (Fsp3) is 0.250. The molecule has 0 spiro atoms. The Bertz CT molecular complexity index is 1450. The van der Waals surface area contributed by atoms with Crippen molar-refractivity contribution in [2.75, 3.05) is 11.9 Å². The summed E-state index contributed by atoms with van der Waals surface area (Å²) in [5, 5.41) is 6.56. The number of fused-ring (bicyclic) bond motifs is 1. The first-order valence-electron chi connectivity index (χ1n) is 11.6. The maximum Gasteiger partial charge on any atom is 0.319 e. The Morgan fingerprint density at radius 2 is 1.60 bits per heavy atom. The van der Waals surface area contributed by atoms with Crippen molar-refractivity contribution in [3.8, 4) is 0 Å². The molecule has 6 nitrogen and oxygen atoms in total. The lowest BCUT2D eigenvalue weighted by atomic mass is 9.87. The summed E-state index contributed by atoms with van der Waals surface area (Å²) in [6.45, 7) is 8.78. The van der Waals surface area contributed by atoms with E-state index in [9.17, 15) is 13.2 Å². The molecule has 0 saturated carbocycles. The van der Waals surface area contributed by atoms with Crippen LogP contribution in [-0.4, -0.2) is 25.0 Å². The average Bonchev–Trinajstić information content (AvgIpc) is 3.23. The van der Waals surface area contributed by atoms with Gasteiger partial charge in [0.05, 0.1) is 10.4 Å². The molecule has 4 aromatic rings. The number of aryl methyl sites for hydroxylation is 1. The summed E-state index contributed by atoms with van der Waals surface area (Å²) >= 11 is 0. The molecule has 3 aromatic carbocycles. The smallest absolute Gasteiger partial charge is 0.319 e. The van der Waals surface area contributed by atoms with Crippen molar-refractivity contribution < 1.29 is 13.2 Å². The van der Waals surface area contributed by atoms with E-state index >= 15 is 0 Å². The zero-order valence-corrected chi connectivity index (χ0v) is 21.3. The van der Waals surface area contributed by atoms with Gasteiger partial charge in [0.15, 0.2) is 0 Å². The number of aromatic nitrogens is 1. The van der Waals surface area contributed by atoms with Gasteiger partial charge in [0.2, 0.25) is 0 Å². The van der Waals surface area contributed by atoms with Crippen molar-refractivity contribution in [1.29, 1.82) is 0 Å². The van der Waals surface area contributed by atoms with Gasteiger partial charge in [-0.15, -0.1) is 0 Å². The summed E-state index contributed by atoms with van der Waals surface area (Å²) in [4.78, 5) is 12.6. The van der Waals surface area contributed by atoms with Crippen LogP contribution in [0, 0.1) is 6.92 Å². The molecule has 0 radical (unpaired) electrons. The number of hydrogen-bond acceptors (Lipinski definition) is 3. The molecule has 0 aliphatic carbocycles. The standard InChI is InChI=1S/C28H31N3O3S/c1-20-5-13-25(14-6-20)35(33,34)31-18-16-22-8-7-21(19-26(22)31)15-17-29-27(32)30-24-11-9-23(10-12-24)28(2,3)4/h5-14,16,18-19H,15,17H2,1-4H3,(H2,29,30,32). The maximum atomic E-state index is 13.2. The van der Waals surface area contributed by atoms with Crippen molar-refractivity contribution in [1.82, 2.24) is 9.29 Å². The predicted molar refractivity (Wildman–Crippen MR) is 142 cm³/mol. The van der Waals surface area contributed by atoms with Crippen molar-refractivity contribution in [3.63, 3.8) is 0 Å². The topological polar surface area (TPSA) is 80.2 Å². The molecule has 2 N–H and O–H groups in total. The number of nitrogens with zero attached hydrogens (tertiary/aromatic N) is 1. The Hall–Kier alpha value is -3.58. The highest BCUT2D eigenvalue weighted by atomic mass is 32.2. The molecule has 0 saturated heterocycles. The van der Waals surface area contributed by atoms with Crippen molar-refractivity contribution in [3.05, 3.63) is 95.7 Å². The summed E-state index contributed by atoms with van der Waals surface area (Å²) in [6, 6.07) is 21.9. The molecular formula is C28H31N3O3S. The van der Waals surface area contributed by atoms with Gasteiger partial charge in [0.25, 0.3) is 10.0 Å². The van der Waals surface area contributed by atoms with Crippen LogP contribution in [0.4, 0.5) is 10.5 Å². The van der Waals surface area contributed by atoms with Crippen LogP contribution in [0.3, 0.4) is 0 Å². The average molecular weight is 490 g/mol. The van der Waals surface area contributed by atoms with E-state index in [1.165, 1.54) is 9.54 Å². The van der Waals surface area contributed by atoms with E-state index in [1.807, 2.05) is 49.4 Å². The van der Waals surface area contributed by atoms with Crippen LogP contribution in [0.25, 0.3) is 10.9 Å². The molecule has 1 aromatic heterocycles. The summed E-state index contributed by atoms with van der Waals surface area (Å²) in [7, 11) is -3.70. The second kappa shape index (κ2) is 9.58. The Balaban J connectivity index is 1.41. The van der Waals surface area contributed by atoms with E-state index in [-0.39, 0.29) is 16.3 Å². The second-order valence-corrected chi connectivity index (χ2v) is 11.6. The third-order valence-corrected chi connectivity index (χ3v) is 7.71. The SMILES string of the molecule is Cc1ccc(S(=O)(=O)n2ccc3ccc(CCNC(=O)Nc4ccc(C(C)(C)C)cc4)cc32)cc1. The highest BCUT2D eigenvalue weighted by molar-refractivity contribution is 7.90. The minimum absolute atomic E-state index is 0.0568. The van der Waals surface area contributed by atoms with Crippen molar-refractivity contribution in [2.24, 2.45) is 0 Å². The summed E-state index contributed by atoms with van der Waals surface area (Å²) in [5.41, 5.74) is 4.55.